The molecular formula is C10H19N5O. The maximum absolute atomic E-state index is 11.4. The Labute approximate surface area is 95.4 Å². The molecule has 6 nitrogen and oxygen atoms in total. The lowest BCUT2D eigenvalue weighted by Gasteiger charge is -2.02. The number of nitrogens with one attached hydrogen (secondary N) is 2. The van der Waals surface area contributed by atoms with Gasteiger partial charge in [-0.1, -0.05) is 19.1 Å². The summed E-state index contributed by atoms with van der Waals surface area (Å²) in [7, 11) is 0. The van der Waals surface area contributed by atoms with Gasteiger partial charge in [-0.3, -0.25) is 4.79 Å². The summed E-state index contributed by atoms with van der Waals surface area (Å²) in [5.74, 6) is -0.0262. The predicted molar refractivity (Wildman–Crippen MR) is 60.7 cm³/mol. The van der Waals surface area contributed by atoms with Crippen LogP contribution in [0.2, 0.25) is 0 Å². The van der Waals surface area contributed by atoms with Crippen LogP contribution in [-0.4, -0.2) is 34.0 Å². The molecule has 0 atom stereocenters. The molecule has 1 heterocycles. The molecular weight excluding hydrogens is 206 g/mol. The van der Waals surface area contributed by atoms with Gasteiger partial charge in [0.15, 0.2) is 0 Å². The van der Waals surface area contributed by atoms with Gasteiger partial charge in [-0.15, -0.1) is 5.10 Å². The van der Waals surface area contributed by atoms with E-state index in [9.17, 15) is 4.79 Å². The highest BCUT2D eigenvalue weighted by Crippen LogP contribution is 1.92. The zero-order valence-corrected chi connectivity index (χ0v) is 9.86. The number of rotatable bonds is 7. The Bertz CT molecular complexity index is 323. The fraction of sp³-hybridized carbons (Fsp3) is 0.700. The molecule has 1 aromatic heterocycles. The number of amides is 1. The lowest BCUT2D eigenvalue weighted by atomic mass is 10.4. The van der Waals surface area contributed by atoms with Crippen LogP contribution in [0.15, 0.2) is 6.20 Å². The molecule has 6 heteroatoms. The van der Waals surface area contributed by atoms with Crippen molar-refractivity contribution in [3.63, 3.8) is 0 Å². The number of hydrogen-bond acceptors (Lipinski definition) is 4. The zero-order chi connectivity index (χ0) is 11.8. The lowest BCUT2D eigenvalue weighted by molar-refractivity contribution is -0.121. The van der Waals surface area contributed by atoms with Gasteiger partial charge >= 0.3 is 0 Å². The summed E-state index contributed by atoms with van der Waals surface area (Å²) >= 11 is 0. The second-order valence-electron chi connectivity index (χ2n) is 3.54. The van der Waals surface area contributed by atoms with Gasteiger partial charge in [0.1, 0.15) is 6.54 Å². The van der Waals surface area contributed by atoms with E-state index in [2.05, 4.69) is 20.9 Å². The number of aromatic nitrogens is 3. The summed E-state index contributed by atoms with van der Waals surface area (Å²) in [4.78, 5) is 11.4. The highest BCUT2D eigenvalue weighted by molar-refractivity contribution is 5.75. The Hall–Kier alpha value is -1.43. The molecule has 90 valence electrons. The van der Waals surface area contributed by atoms with E-state index in [-0.39, 0.29) is 12.5 Å². The first-order valence-corrected chi connectivity index (χ1v) is 5.62. The van der Waals surface area contributed by atoms with E-state index in [4.69, 9.17) is 0 Å². The van der Waals surface area contributed by atoms with Gasteiger partial charge in [-0.05, 0) is 13.0 Å². The van der Waals surface area contributed by atoms with Crippen LogP contribution in [0.1, 0.15) is 26.0 Å². The van der Waals surface area contributed by atoms with Gasteiger partial charge in [-0.2, -0.15) is 0 Å². The number of carbonyl (C=O) groups is 1. The SMILES string of the molecule is CCCNC(=O)Cn1cc(CNCC)nn1. The normalized spacial score (nSPS) is 10.4. The van der Waals surface area contributed by atoms with Gasteiger partial charge in [0, 0.05) is 13.1 Å². The van der Waals surface area contributed by atoms with Crippen molar-refractivity contribution in [3.05, 3.63) is 11.9 Å². The molecule has 1 rings (SSSR count). The average molecular weight is 225 g/mol. The summed E-state index contributed by atoms with van der Waals surface area (Å²) in [6.07, 6.45) is 2.73. The first kappa shape index (κ1) is 12.6. The van der Waals surface area contributed by atoms with E-state index in [1.165, 1.54) is 0 Å². The predicted octanol–water partition coefficient (Wildman–Crippen LogP) is -0.0862. The highest BCUT2D eigenvalue weighted by Gasteiger charge is 2.04. The second kappa shape index (κ2) is 6.95. The van der Waals surface area contributed by atoms with E-state index in [0.717, 1.165) is 18.7 Å². The van der Waals surface area contributed by atoms with Crippen molar-refractivity contribution >= 4 is 5.91 Å². The van der Waals surface area contributed by atoms with Gasteiger partial charge < -0.3 is 10.6 Å². The van der Waals surface area contributed by atoms with Crippen LogP contribution in [0.5, 0.6) is 0 Å². The molecule has 0 fully saturated rings. The van der Waals surface area contributed by atoms with Gasteiger partial charge in [0.05, 0.1) is 11.9 Å². The summed E-state index contributed by atoms with van der Waals surface area (Å²) in [6, 6.07) is 0. The fourth-order valence-corrected chi connectivity index (χ4v) is 1.22. The zero-order valence-electron chi connectivity index (χ0n) is 9.86. The molecule has 0 spiro atoms. The topological polar surface area (TPSA) is 71.8 Å². The van der Waals surface area contributed by atoms with Gasteiger partial charge in [0.2, 0.25) is 5.91 Å². The highest BCUT2D eigenvalue weighted by atomic mass is 16.2. The van der Waals surface area contributed by atoms with Crippen molar-refractivity contribution in [1.29, 1.82) is 0 Å². The maximum Gasteiger partial charge on any atom is 0.241 e. The molecule has 16 heavy (non-hydrogen) atoms. The van der Waals surface area contributed by atoms with E-state index in [1.807, 2.05) is 13.8 Å². The Morgan fingerprint density at radius 2 is 2.31 bits per heavy atom. The average Bonchev–Trinajstić information content (AvgIpc) is 2.71. The standard InChI is InChI=1S/C10H19N5O/c1-3-5-12-10(16)8-15-7-9(13-14-15)6-11-4-2/h7,11H,3-6,8H2,1-2H3,(H,12,16). The molecule has 1 aromatic rings. The monoisotopic (exact) mass is 225 g/mol. The quantitative estimate of drug-likeness (QED) is 0.680. The molecule has 0 aliphatic rings. The van der Waals surface area contributed by atoms with Crippen LogP contribution in [0.3, 0.4) is 0 Å². The molecule has 0 unspecified atom stereocenters. The summed E-state index contributed by atoms with van der Waals surface area (Å²) in [5.41, 5.74) is 0.852. The minimum atomic E-state index is -0.0262. The molecule has 0 bridgehead atoms. The van der Waals surface area contributed by atoms with E-state index < -0.39 is 0 Å². The van der Waals surface area contributed by atoms with E-state index in [0.29, 0.717) is 13.1 Å². The number of carbonyl (C=O) groups excluding carboxylic acids is 1. The van der Waals surface area contributed by atoms with Gasteiger partial charge in [-0.25, -0.2) is 4.68 Å². The lowest BCUT2D eigenvalue weighted by Crippen LogP contribution is -2.28. The van der Waals surface area contributed by atoms with Crippen LogP contribution in [0.25, 0.3) is 0 Å². The van der Waals surface area contributed by atoms with Gasteiger partial charge in [0.25, 0.3) is 0 Å². The first-order valence-electron chi connectivity index (χ1n) is 5.62. The Morgan fingerprint density at radius 3 is 3.00 bits per heavy atom. The minimum absolute atomic E-state index is 0.0262. The fourth-order valence-electron chi connectivity index (χ4n) is 1.22. The van der Waals surface area contributed by atoms with Crippen LogP contribution in [-0.2, 0) is 17.9 Å². The van der Waals surface area contributed by atoms with Crippen molar-refractivity contribution in [3.8, 4) is 0 Å². The minimum Gasteiger partial charge on any atom is -0.355 e. The van der Waals surface area contributed by atoms with Crippen LogP contribution >= 0.6 is 0 Å². The van der Waals surface area contributed by atoms with E-state index in [1.54, 1.807) is 10.9 Å². The van der Waals surface area contributed by atoms with Crippen molar-refractivity contribution < 1.29 is 4.79 Å². The number of hydrogen-bond donors (Lipinski definition) is 2. The van der Waals surface area contributed by atoms with Crippen molar-refractivity contribution in [2.24, 2.45) is 0 Å². The Balaban J connectivity index is 2.36. The Kier molecular flexibility index (Phi) is 5.49. The third-order valence-electron chi connectivity index (χ3n) is 2.02. The molecule has 0 saturated carbocycles. The summed E-state index contributed by atoms with van der Waals surface area (Å²) in [5, 5.41) is 13.8. The molecule has 0 aromatic carbocycles. The molecule has 0 aliphatic heterocycles. The number of nitrogens with zero attached hydrogens (tertiary/aromatic N) is 3. The summed E-state index contributed by atoms with van der Waals surface area (Å²) < 4.78 is 1.55. The first-order chi connectivity index (χ1) is 7.76. The maximum atomic E-state index is 11.4. The van der Waals surface area contributed by atoms with Crippen molar-refractivity contribution in [1.82, 2.24) is 25.6 Å². The van der Waals surface area contributed by atoms with Crippen molar-refractivity contribution in [2.75, 3.05) is 13.1 Å². The van der Waals surface area contributed by atoms with Crippen LogP contribution in [0.4, 0.5) is 0 Å². The molecule has 0 saturated heterocycles. The Morgan fingerprint density at radius 1 is 1.50 bits per heavy atom. The molecule has 0 aliphatic carbocycles. The molecule has 2 N–H and O–H groups in total. The second-order valence-corrected chi connectivity index (χ2v) is 3.54. The summed E-state index contributed by atoms with van der Waals surface area (Å²) in [6.45, 7) is 6.57. The van der Waals surface area contributed by atoms with Crippen LogP contribution in [0, 0.1) is 0 Å². The van der Waals surface area contributed by atoms with E-state index >= 15 is 0 Å². The third-order valence-corrected chi connectivity index (χ3v) is 2.02. The van der Waals surface area contributed by atoms with Crippen LogP contribution < -0.4 is 10.6 Å². The smallest absolute Gasteiger partial charge is 0.241 e. The third kappa shape index (κ3) is 4.39. The largest absolute Gasteiger partial charge is 0.355 e. The molecule has 0 radical (unpaired) electrons. The molecule has 1 amide bonds. The van der Waals surface area contributed by atoms with Crippen molar-refractivity contribution in [2.45, 2.75) is 33.4 Å².